The molecule has 0 radical (unpaired) electrons. The molecule has 7 rings (SSSR count). The van der Waals surface area contributed by atoms with Gasteiger partial charge in [0, 0.05) is 48.9 Å². The zero-order valence-corrected chi connectivity index (χ0v) is 18.7. The van der Waals surface area contributed by atoms with Gasteiger partial charge in [-0.1, -0.05) is 30.3 Å². The number of hydrogen-bond acceptors (Lipinski definition) is 5. The summed E-state index contributed by atoms with van der Waals surface area (Å²) in [5.41, 5.74) is 4.12. The Labute approximate surface area is 193 Å². The number of aryl methyl sites for hydroxylation is 1. The lowest BCUT2D eigenvalue weighted by molar-refractivity contribution is 0.0280. The Hall–Kier alpha value is -3.32. The van der Waals surface area contributed by atoms with Crippen molar-refractivity contribution in [3.63, 3.8) is 0 Å². The van der Waals surface area contributed by atoms with Gasteiger partial charge in [0.05, 0.1) is 5.69 Å². The van der Waals surface area contributed by atoms with Crippen LogP contribution in [0, 0.1) is 5.92 Å². The van der Waals surface area contributed by atoms with E-state index in [1.54, 1.807) is 18.2 Å². The van der Waals surface area contributed by atoms with E-state index in [0.717, 1.165) is 30.8 Å². The monoisotopic (exact) mass is 444 g/mol. The summed E-state index contributed by atoms with van der Waals surface area (Å²) in [6.45, 7) is 2.98. The largest absolute Gasteiger partial charge is 0.454 e. The number of fused-ring (bicyclic) bond motifs is 4. The van der Waals surface area contributed by atoms with Crippen LogP contribution in [0.4, 0.5) is 0 Å². The molecule has 7 nitrogen and oxygen atoms in total. The predicted octanol–water partition coefficient (Wildman–Crippen LogP) is 3.42. The highest BCUT2D eigenvalue weighted by Crippen LogP contribution is 2.42. The average molecular weight is 445 g/mol. The van der Waals surface area contributed by atoms with Crippen molar-refractivity contribution in [2.75, 3.05) is 26.4 Å². The summed E-state index contributed by atoms with van der Waals surface area (Å²) < 4.78 is 12.8. The van der Waals surface area contributed by atoms with Gasteiger partial charge in [0.1, 0.15) is 0 Å². The maximum Gasteiger partial charge on any atom is 0.251 e. The van der Waals surface area contributed by atoms with Crippen molar-refractivity contribution in [1.82, 2.24) is 20.0 Å². The lowest BCUT2D eigenvalue weighted by atomic mass is 9.74. The third kappa shape index (κ3) is 3.76. The Kier molecular flexibility index (Phi) is 5.06. The number of nitrogens with one attached hydrogen (secondary N) is 1. The summed E-state index contributed by atoms with van der Waals surface area (Å²) in [5.74, 6) is 2.36. The van der Waals surface area contributed by atoms with E-state index < -0.39 is 0 Å². The Balaban J connectivity index is 1.11. The Morgan fingerprint density at radius 3 is 2.79 bits per heavy atom. The standard InChI is InChI=1S/C26H28N4O3/c1-29-23(13-22(28-29)17-5-3-2-4-6-17)21-15-30-10-9-18(21)11-20(30)14-27-26(31)19-7-8-24-25(12-19)33-16-32-24/h2-8,12-13,18,20-21H,9-11,14-16H2,1H3,(H,27,31)/t18-,20+,21+/m0/s1. The van der Waals surface area contributed by atoms with E-state index in [2.05, 4.69) is 52.3 Å². The zero-order valence-electron chi connectivity index (χ0n) is 18.7. The molecule has 2 bridgehead atoms. The van der Waals surface area contributed by atoms with Crippen LogP contribution in [0.5, 0.6) is 11.5 Å². The predicted molar refractivity (Wildman–Crippen MR) is 124 cm³/mol. The highest BCUT2D eigenvalue weighted by molar-refractivity contribution is 5.95. The van der Waals surface area contributed by atoms with E-state index in [1.165, 1.54) is 12.1 Å². The van der Waals surface area contributed by atoms with Gasteiger partial charge in [0.2, 0.25) is 6.79 Å². The molecule has 2 aromatic carbocycles. The topological polar surface area (TPSA) is 68.6 Å². The van der Waals surface area contributed by atoms with Crippen molar-refractivity contribution in [3.8, 4) is 22.8 Å². The Bertz CT molecular complexity index is 1180. The number of hydrogen-bond donors (Lipinski definition) is 1. The summed E-state index contributed by atoms with van der Waals surface area (Å²) in [6, 6.07) is 18.4. The third-order valence-corrected chi connectivity index (χ3v) is 7.38. The molecule has 5 heterocycles. The molecule has 0 spiro atoms. The molecule has 170 valence electrons. The first-order valence-corrected chi connectivity index (χ1v) is 11.7. The van der Waals surface area contributed by atoms with E-state index in [-0.39, 0.29) is 12.7 Å². The summed E-state index contributed by atoms with van der Waals surface area (Å²) in [4.78, 5) is 15.3. The molecule has 7 heteroatoms. The molecule has 4 aliphatic heterocycles. The van der Waals surface area contributed by atoms with Gasteiger partial charge in [-0.2, -0.15) is 5.10 Å². The lowest BCUT2D eigenvalue weighted by Gasteiger charge is -2.50. The van der Waals surface area contributed by atoms with Gasteiger partial charge in [0.15, 0.2) is 11.5 Å². The van der Waals surface area contributed by atoms with Crippen molar-refractivity contribution in [3.05, 3.63) is 65.9 Å². The zero-order chi connectivity index (χ0) is 22.4. The van der Waals surface area contributed by atoms with Gasteiger partial charge < -0.3 is 14.8 Å². The van der Waals surface area contributed by atoms with Crippen LogP contribution >= 0.6 is 0 Å². The molecule has 1 aromatic heterocycles. The highest BCUT2D eigenvalue weighted by Gasteiger charge is 2.41. The maximum absolute atomic E-state index is 12.7. The number of carbonyl (C=O) groups is 1. The molecule has 0 aliphatic carbocycles. The number of ether oxygens (including phenoxy) is 2. The van der Waals surface area contributed by atoms with Gasteiger partial charge in [-0.25, -0.2) is 0 Å². The van der Waals surface area contributed by atoms with Crippen molar-refractivity contribution in [2.45, 2.75) is 24.8 Å². The molecule has 1 unspecified atom stereocenters. The highest BCUT2D eigenvalue weighted by atomic mass is 16.7. The first-order chi connectivity index (χ1) is 16.2. The second-order valence-electron chi connectivity index (χ2n) is 9.26. The van der Waals surface area contributed by atoms with Crippen LogP contribution in [-0.4, -0.2) is 53.1 Å². The third-order valence-electron chi connectivity index (χ3n) is 7.38. The van der Waals surface area contributed by atoms with Crippen molar-refractivity contribution in [2.24, 2.45) is 13.0 Å². The number of piperidine rings is 3. The number of carbonyl (C=O) groups excluding carboxylic acids is 1. The Morgan fingerprint density at radius 1 is 1.12 bits per heavy atom. The number of benzene rings is 2. The van der Waals surface area contributed by atoms with Gasteiger partial charge >= 0.3 is 0 Å². The fourth-order valence-corrected chi connectivity index (χ4v) is 5.61. The fraction of sp³-hybridized carbons (Fsp3) is 0.385. The molecule has 3 aromatic rings. The van der Waals surface area contributed by atoms with E-state index in [4.69, 9.17) is 14.6 Å². The normalized spacial score (nSPS) is 25.2. The SMILES string of the molecule is Cn1nc(-c2ccccc2)cc1[C@@H]1CN2CC[C@H]1C[C@@H]2CNC(=O)c1ccc2c(c1)OCO2. The van der Waals surface area contributed by atoms with Crippen LogP contribution in [0.1, 0.15) is 34.8 Å². The molecule has 3 fully saturated rings. The molecular weight excluding hydrogens is 416 g/mol. The van der Waals surface area contributed by atoms with Crippen LogP contribution < -0.4 is 14.8 Å². The minimum absolute atomic E-state index is 0.0633. The van der Waals surface area contributed by atoms with Gasteiger partial charge in [0.25, 0.3) is 5.91 Å². The van der Waals surface area contributed by atoms with Crippen LogP contribution in [0.3, 0.4) is 0 Å². The fourth-order valence-electron chi connectivity index (χ4n) is 5.61. The smallest absolute Gasteiger partial charge is 0.251 e. The summed E-state index contributed by atoms with van der Waals surface area (Å²) in [7, 11) is 2.06. The molecule has 0 saturated carbocycles. The number of amides is 1. The number of rotatable bonds is 5. The molecule has 4 atom stereocenters. The van der Waals surface area contributed by atoms with E-state index >= 15 is 0 Å². The van der Waals surface area contributed by atoms with Crippen molar-refractivity contribution >= 4 is 5.91 Å². The van der Waals surface area contributed by atoms with Crippen molar-refractivity contribution < 1.29 is 14.3 Å². The molecule has 4 aliphatic rings. The first kappa shape index (κ1) is 20.3. The van der Waals surface area contributed by atoms with Gasteiger partial charge in [-0.3, -0.25) is 14.4 Å². The molecule has 3 saturated heterocycles. The van der Waals surface area contributed by atoms with Crippen LogP contribution in [0.25, 0.3) is 11.3 Å². The molecule has 1 amide bonds. The van der Waals surface area contributed by atoms with Crippen molar-refractivity contribution in [1.29, 1.82) is 0 Å². The van der Waals surface area contributed by atoms with Gasteiger partial charge in [-0.05, 0) is 49.6 Å². The average Bonchev–Trinajstić information content (AvgIpc) is 3.49. The van der Waals surface area contributed by atoms with E-state index in [9.17, 15) is 4.79 Å². The lowest BCUT2D eigenvalue weighted by Crippen LogP contribution is -2.56. The van der Waals surface area contributed by atoms with Gasteiger partial charge in [-0.15, -0.1) is 0 Å². The maximum atomic E-state index is 12.7. The minimum Gasteiger partial charge on any atom is -0.454 e. The quantitative estimate of drug-likeness (QED) is 0.653. The Morgan fingerprint density at radius 2 is 1.97 bits per heavy atom. The first-order valence-electron chi connectivity index (χ1n) is 11.7. The number of nitrogens with zero attached hydrogens (tertiary/aromatic N) is 3. The second kappa shape index (κ2) is 8.23. The molecule has 1 N–H and O–H groups in total. The van der Waals surface area contributed by atoms with Crippen LogP contribution in [0.2, 0.25) is 0 Å². The van der Waals surface area contributed by atoms with E-state index in [0.29, 0.717) is 41.5 Å². The molecule has 33 heavy (non-hydrogen) atoms. The summed E-state index contributed by atoms with van der Waals surface area (Å²) >= 11 is 0. The van der Waals surface area contributed by atoms with Crippen LogP contribution in [-0.2, 0) is 7.05 Å². The second-order valence-corrected chi connectivity index (χ2v) is 9.26. The molecular formula is C26H28N4O3. The van der Waals surface area contributed by atoms with Crippen LogP contribution in [0.15, 0.2) is 54.6 Å². The minimum atomic E-state index is -0.0633. The number of aromatic nitrogens is 2. The van der Waals surface area contributed by atoms with E-state index in [1.807, 2.05) is 6.07 Å². The summed E-state index contributed by atoms with van der Waals surface area (Å²) in [6.07, 6.45) is 2.29. The summed E-state index contributed by atoms with van der Waals surface area (Å²) in [5, 5.41) is 7.94.